The Hall–Kier alpha value is -1.51. The lowest BCUT2D eigenvalue weighted by Crippen LogP contribution is -2.30. The molecule has 0 saturated carbocycles. The number of nitrogens with one attached hydrogen (secondary N) is 1. The van der Waals surface area contributed by atoms with Crippen LogP contribution in [0.25, 0.3) is 0 Å². The van der Waals surface area contributed by atoms with Gasteiger partial charge in [-0.05, 0) is 32.1 Å². The van der Waals surface area contributed by atoms with Crippen molar-refractivity contribution in [3.8, 4) is 0 Å². The SMILES string of the molecule is CNCCCN(C)S(=O)(=O)c1ccc(C(=O)O)cn1. The van der Waals surface area contributed by atoms with E-state index in [4.69, 9.17) is 5.11 Å². The Kier molecular flexibility index (Phi) is 5.40. The molecule has 0 amide bonds. The van der Waals surface area contributed by atoms with Gasteiger partial charge in [0.05, 0.1) is 5.56 Å². The minimum Gasteiger partial charge on any atom is -0.478 e. The van der Waals surface area contributed by atoms with Crippen LogP contribution in [-0.2, 0) is 10.0 Å². The number of sulfonamides is 1. The third kappa shape index (κ3) is 3.98. The highest BCUT2D eigenvalue weighted by atomic mass is 32.2. The molecule has 0 aliphatic heterocycles. The van der Waals surface area contributed by atoms with E-state index in [9.17, 15) is 13.2 Å². The van der Waals surface area contributed by atoms with Gasteiger partial charge < -0.3 is 10.4 Å². The van der Waals surface area contributed by atoms with Crippen LogP contribution in [0, 0.1) is 0 Å². The molecular formula is C11H17N3O4S. The molecule has 0 fully saturated rings. The van der Waals surface area contributed by atoms with E-state index in [-0.39, 0.29) is 10.6 Å². The number of carboxylic acids is 1. The van der Waals surface area contributed by atoms with Crippen molar-refractivity contribution >= 4 is 16.0 Å². The monoisotopic (exact) mass is 287 g/mol. The number of rotatable bonds is 7. The molecule has 1 heterocycles. The molecule has 0 unspecified atom stereocenters. The summed E-state index contributed by atoms with van der Waals surface area (Å²) >= 11 is 0. The fourth-order valence-electron chi connectivity index (χ4n) is 1.42. The van der Waals surface area contributed by atoms with E-state index in [0.717, 1.165) is 6.20 Å². The van der Waals surface area contributed by atoms with E-state index in [2.05, 4.69) is 10.3 Å². The van der Waals surface area contributed by atoms with E-state index in [0.29, 0.717) is 19.5 Å². The van der Waals surface area contributed by atoms with Gasteiger partial charge >= 0.3 is 5.97 Å². The zero-order valence-electron chi connectivity index (χ0n) is 10.8. The maximum Gasteiger partial charge on any atom is 0.337 e. The quantitative estimate of drug-likeness (QED) is 0.685. The number of nitrogens with zero attached hydrogens (tertiary/aromatic N) is 2. The Morgan fingerprint density at radius 3 is 2.63 bits per heavy atom. The molecule has 1 aromatic heterocycles. The fraction of sp³-hybridized carbons (Fsp3) is 0.455. The topological polar surface area (TPSA) is 99.6 Å². The van der Waals surface area contributed by atoms with Gasteiger partial charge in [0.1, 0.15) is 0 Å². The summed E-state index contributed by atoms with van der Waals surface area (Å²) < 4.78 is 25.4. The van der Waals surface area contributed by atoms with Crippen LogP contribution >= 0.6 is 0 Å². The lowest BCUT2D eigenvalue weighted by molar-refractivity contribution is 0.0696. The van der Waals surface area contributed by atoms with E-state index in [1.165, 1.54) is 23.5 Å². The zero-order chi connectivity index (χ0) is 14.5. The maximum absolute atomic E-state index is 12.1. The molecule has 0 atom stereocenters. The standard InChI is InChI=1S/C11H17N3O4S/c1-12-6-3-7-14(2)19(17,18)10-5-4-9(8-13-10)11(15)16/h4-5,8,12H,3,6-7H2,1-2H3,(H,15,16). The van der Waals surface area contributed by atoms with Crippen LogP contribution in [0.1, 0.15) is 16.8 Å². The number of hydrogen-bond acceptors (Lipinski definition) is 5. The zero-order valence-corrected chi connectivity index (χ0v) is 11.6. The Morgan fingerprint density at radius 2 is 2.16 bits per heavy atom. The third-order valence-electron chi connectivity index (χ3n) is 2.56. The molecule has 2 N–H and O–H groups in total. The minimum atomic E-state index is -3.66. The maximum atomic E-state index is 12.1. The van der Waals surface area contributed by atoms with Gasteiger partial charge in [0.15, 0.2) is 5.03 Å². The van der Waals surface area contributed by atoms with E-state index in [1.54, 1.807) is 7.05 Å². The highest BCUT2D eigenvalue weighted by molar-refractivity contribution is 7.89. The number of carboxylic acid groups (broad SMARTS) is 1. The number of aromatic carboxylic acids is 1. The van der Waals surface area contributed by atoms with E-state index < -0.39 is 16.0 Å². The van der Waals surface area contributed by atoms with E-state index >= 15 is 0 Å². The number of hydrogen-bond donors (Lipinski definition) is 2. The lowest BCUT2D eigenvalue weighted by Gasteiger charge is -2.16. The molecular weight excluding hydrogens is 270 g/mol. The molecule has 106 valence electrons. The molecule has 0 aliphatic carbocycles. The Morgan fingerprint density at radius 1 is 1.47 bits per heavy atom. The van der Waals surface area contributed by atoms with Crippen LogP contribution in [0.2, 0.25) is 0 Å². The second kappa shape index (κ2) is 6.60. The van der Waals surface area contributed by atoms with Gasteiger partial charge in [-0.3, -0.25) is 0 Å². The highest BCUT2D eigenvalue weighted by Gasteiger charge is 2.22. The first-order valence-electron chi connectivity index (χ1n) is 5.70. The summed E-state index contributed by atoms with van der Waals surface area (Å²) in [5.74, 6) is -1.14. The van der Waals surface area contributed by atoms with Crippen LogP contribution in [-0.4, -0.2) is 56.0 Å². The molecule has 0 aliphatic rings. The van der Waals surface area contributed by atoms with Crippen LogP contribution in [0.5, 0.6) is 0 Å². The summed E-state index contributed by atoms with van der Waals surface area (Å²) in [4.78, 5) is 14.4. The Bertz CT molecular complexity index is 527. The van der Waals surface area contributed by atoms with Gasteiger partial charge in [-0.15, -0.1) is 0 Å². The average molecular weight is 287 g/mol. The molecule has 0 spiro atoms. The van der Waals surface area contributed by atoms with Crippen molar-refractivity contribution in [1.82, 2.24) is 14.6 Å². The normalized spacial score (nSPS) is 11.7. The average Bonchev–Trinajstić information content (AvgIpc) is 2.39. The number of pyridine rings is 1. The second-order valence-corrected chi connectivity index (χ2v) is 5.97. The van der Waals surface area contributed by atoms with Gasteiger partial charge in [0.2, 0.25) is 0 Å². The summed E-state index contributed by atoms with van der Waals surface area (Å²) in [7, 11) is -0.398. The van der Waals surface area contributed by atoms with E-state index in [1.807, 2.05) is 0 Å². The predicted octanol–water partition coefficient (Wildman–Crippen LogP) is 0.00980. The summed E-state index contributed by atoms with van der Waals surface area (Å²) in [5.41, 5.74) is -0.0446. The van der Waals surface area contributed by atoms with Crippen molar-refractivity contribution < 1.29 is 18.3 Å². The van der Waals surface area contributed by atoms with Crippen molar-refractivity contribution in [2.24, 2.45) is 0 Å². The molecule has 8 heteroatoms. The molecule has 7 nitrogen and oxygen atoms in total. The first-order chi connectivity index (χ1) is 8.89. The number of carbonyl (C=O) groups is 1. The molecule has 0 aromatic carbocycles. The summed E-state index contributed by atoms with van der Waals surface area (Å²) in [6, 6.07) is 2.43. The molecule has 1 rings (SSSR count). The van der Waals surface area contributed by atoms with Gasteiger partial charge in [0, 0.05) is 19.8 Å². The van der Waals surface area contributed by atoms with Crippen molar-refractivity contribution in [1.29, 1.82) is 0 Å². The molecule has 19 heavy (non-hydrogen) atoms. The summed E-state index contributed by atoms with van der Waals surface area (Å²) in [6.45, 7) is 1.08. The van der Waals surface area contributed by atoms with Gasteiger partial charge in [0.25, 0.3) is 10.0 Å². The number of aromatic nitrogens is 1. The Labute approximate surface area is 112 Å². The predicted molar refractivity (Wildman–Crippen MR) is 69.6 cm³/mol. The van der Waals surface area contributed by atoms with Crippen molar-refractivity contribution in [2.45, 2.75) is 11.4 Å². The smallest absolute Gasteiger partial charge is 0.337 e. The van der Waals surface area contributed by atoms with Crippen molar-refractivity contribution in [3.05, 3.63) is 23.9 Å². The first kappa shape index (κ1) is 15.5. The second-order valence-electron chi connectivity index (χ2n) is 3.97. The van der Waals surface area contributed by atoms with Gasteiger partial charge in [-0.2, -0.15) is 4.31 Å². The Balaban J connectivity index is 2.84. The fourth-order valence-corrected chi connectivity index (χ4v) is 2.53. The van der Waals surface area contributed by atoms with Gasteiger partial charge in [-0.1, -0.05) is 0 Å². The van der Waals surface area contributed by atoms with Crippen LogP contribution in [0.15, 0.2) is 23.4 Å². The summed E-state index contributed by atoms with van der Waals surface area (Å²) in [5, 5.41) is 11.5. The molecule has 0 bridgehead atoms. The van der Waals surface area contributed by atoms with Crippen LogP contribution in [0.3, 0.4) is 0 Å². The van der Waals surface area contributed by atoms with Gasteiger partial charge in [-0.25, -0.2) is 18.2 Å². The molecule has 0 radical (unpaired) electrons. The minimum absolute atomic E-state index is 0.0446. The largest absolute Gasteiger partial charge is 0.478 e. The first-order valence-corrected chi connectivity index (χ1v) is 7.14. The van der Waals surface area contributed by atoms with Crippen molar-refractivity contribution in [2.75, 3.05) is 27.2 Å². The van der Waals surface area contributed by atoms with Crippen molar-refractivity contribution in [3.63, 3.8) is 0 Å². The lowest BCUT2D eigenvalue weighted by atomic mass is 10.3. The third-order valence-corrected chi connectivity index (χ3v) is 4.33. The van der Waals surface area contributed by atoms with Crippen LogP contribution < -0.4 is 5.32 Å². The molecule has 1 aromatic rings. The summed E-state index contributed by atoms with van der Waals surface area (Å²) in [6.07, 6.45) is 1.72. The van der Waals surface area contributed by atoms with Crippen LogP contribution in [0.4, 0.5) is 0 Å². The highest BCUT2D eigenvalue weighted by Crippen LogP contribution is 2.12. The molecule has 0 saturated heterocycles.